The van der Waals surface area contributed by atoms with E-state index in [1.807, 2.05) is 0 Å². The highest BCUT2D eigenvalue weighted by Gasteiger charge is 2.34. The molecule has 8 nitrogen and oxygen atoms in total. The van der Waals surface area contributed by atoms with Crippen molar-refractivity contribution in [3.63, 3.8) is 0 Å². The summed E-state index contributed by atoms with van der Waals surface area (Å²) in [6.07, 6.45) is 9.85. The Morgan fingerprint density at radius 2 is 1.70 bits per heavy atom. The molecule has 0 radical (unpaired) electrons. The molecule has 0 aliphatic carbocycles. The van der Waals surface area contributed by atoms with Crippen molar-refractivity contribution in [2.75, 3.05) is 58.3 Å². The van der Waals surface area contributed by atoms with E-state index in [0.717, 1.165) is 83.6 Å². The van der Waals surface area contributed by atoms with Gasteiger partial charge in [-0.15, -0.1) is 0 Å². The number of rotatable bonds is 4. The molecule has 3 saturated heterocycles. The van der Waals surface area contributed by atoms with Crippen LogP contribution in [-0.2, 0) is 4.79 Å². The average molecular weight is 415 g/mol. The third-order valence-electron chi connectivity index (χ3n) is 6.77. The second kappa shape index (κ2) is 9.29. The summed E-state index contributed by atoms with van der Waals surface area (Å²) in [6, 6.07) is 0.523. The predicted octanol–water partition coefficient (Wildman–Crippen LogP) is 1.48. The topological polar surface area (TPSA) is 72.9 Å². The van der Waals surface area contributed by atoms with Crippen LogP contribution in [0.3, 0.4) is 0 Å². The van der Waals surface area contributed by atoms with Crippen LogP contribution in [0.5, 0.6) is 0 Å². The van der Waals surface area contributed by atoms with Gasteiger partial charge in [0.05, 0.1) is 18.3 Å². The first kappa shape index (κ1) is 21.0. The zero-order chi connectivity index (χ0) is 21.1. The summed E-state index contributed by atoms with van der Waals surface area (Å²) in [6.45, 7) is 5.71. The van der Waals surface area contributed by atoms with Crippen LogP contribution in [0.15, 0.2) is 12.4 Å². The standard InChI is InChI=1S/C22H34N6O2/c1-25(2)22(30)19-14-23-15-20(24-19)26-12-7-18(8-13-26)28-11-5-6-17(16-28)21(29)27-9-3-4-10-27/h14-15,17-18H,3-13,16H2,1-2H3. The van der Waals surface area contributed by atoms with E-state index in [-0.39, 0.29) is 11.8 Å². The molecule has 3 fully saturated rings. The molecule has 0 N–H and O–H groups in total. The molecular formula is C22H34N6O2. The summed E-state index contributed by atoms with van der Waals surface area (Å²) in [5.74, 6) is 1.21. The van der Waals surface area contributed by atoms with E-state index < -0.39 is 0 Å². The molecule has 1 aromatic rings. The Bertz CT molecular complexity index is 756. The van der Waals surface area contributed by atoms with Gasteiger partial charge < -0.3 is 14.7 Å². The Morgan fingerprint density at radius 3 is 2.40 bits per heavy atom. The highest BCUT2D eigenvalue weighted by molar-refractivity contribution is 5.91. The van der Waals surface area contributed by atoms with Crippen LogP contribution in [-0.4, -0.2) is 95.9 Å². The number of aromatic nitrogens is 2. The summed E-state index contributed by atoms with van der Waals surface area (Å²) in [4.78, 5) is 42.2. The Hall–Kier alpha value is -2.22. The number of carbonyl (C=O) groups is 2. The molecule has 0 saturated carbocycles. The molecule has 0 spiro atoms. The van der Waals surface area contributed by atoms with Crippen molar-refractivity contribution in [3.05, 3.63) is 18.1 Å². The van der Waals surface area contributed by atoms with Crippen LogP contribution < -0.4 is 4.90 Å². The van der Waals surface area contributed by atoms with E-state index in [1.165, 1.54) is 11.1 Å². The number of piperidine rings is 2. The summed E-state index contributed by atoms with van der Waals surface area (Å²) in [7, 11) is 3.45. The lowest BCUT2D eigenvalue weighted by atomic mass is 9.93. The number of likely N-dealkylation sites (tertiary alicyclic amines) is 2. The summed E-state index contributed by atoms with van der Waals surface area (Å²) in [5, 5.41) is 0. The molecule has 4 rings (SSSR count). The van der Waals surface area contributed by atoms with Crippen LogP contribution in [0.1, 0.15) is 49.0 Å². The van der Waals surface area contributed by atoms with Gasteiger partial charge in [-0.1, -0.05) is 0 Å². The van der Waals surface area contributed by atoms with Crippen LogP contribution in [0, 0.1) is 5.92 Å². The maximum absolute atomic E-state index is 12.8. The van der Waals surface area contributed by atoms with Crippen molar-refractivity contribution >= 4 is 17.6 Å². The highest BCUT2D eigenvalue weighted by Crippen LogP contribution is 2.27. The summed E-state index contributed by atoms with van der Waals surface area (Å²) in [5.41, 5.74) is 0.388. The van der Waals surface area contributed by atoms with Crippen molar-refractivity contribution in [2.45, 2.75) is 44.6 Å². The SMILES string of the molecule is CN(C)C(=O)c1cncc(N2CCC(N3CCCC(C(=O)N4CCCC4)C3)CC2)n1. The maximum Gasteiger partial charge on any atom is 0.273 e. The van der Waals surface area contributed by atoms with Gasteiger partial charge in [-0.2, -0.15) is 0 Å². The second-order valence-electron chi connectivity index (χ2n) is 9.05. The largest absolute Gasteiger partial charge is 0.355 e. The number of hydrogen-bond donors (Lipinski definition) is 0. The van der Waals surface area contributed by atoms with Crippen molar-refractivity contribution in [2.24, 2.45) is 5.92 Å². The van der Waals surface area contributed by atoms with Gasteiger partial charge in [0, 0.05) is 52.9 Å². The number of anilines is 1. The second-order valence-corrected chi connectivity index (χ2v) is 9.05. The monoisotopic (exact) mass is 414 g/mol. The third-order valence-corrected chi connectivity index (χ3v) is 6.77. The number of carbonyl (C=O) groups excluding carboxylic acids is 2. The zero-order valence-corrected chi connectivity index (χ0v) is 18.3. The summed E-state index contributed by atoms with van der Waals surface area (Å²) < 4.78 is 0. The van der Waals surface area contributed by atoms with Crippen molar-refractivity contribution < 1.29 is 9.59 Å². The molecule has 0 aromatic carbocycles. The number of hydrogen-bond acceptors (Lipinski definition) is 6. The molecule has 30 heavy (non-hydrogen) atoms. The Labute approximate surface area is 179 Å². The zero-order valence-electron chi connectivity index (χ0n) is 18.3. The van der Waals surface area contributed by atoms with Gasteiger partial charge in [0.15, 0.2) is 0 Å². The number of nitrogens with zero attached hydrogens (tertiary/aromatic N) is 6. The van der Waals surface area contributed by atoms with Gasteiger partial charge in [-0.25, -0.2) is 4.98 Å². The lowest BCUT2D eigenvalue weighted by molar-refractivity contribution is -0.136. The fraction of sp³-hybridized carbons (Fsp3) is 0.727. The molecule has 3 aliphatic heterocycles. The van der Waals surface area contributed by atoms with E-state index in [9.17, 15) is 9.59 Å². The average Bonchev–Trinajstić information content (AvgIpc) is 3.33. The Balaban J connectivity index is 1.32. The van der Waals surface area contributed by atoms with E-state index in [4.69, 9.17) is 0 Å². The van der Waals surface area contributed by atoms with Gasteiger partial charge >= 0.3 is 0 Å². The molecule has 2 amide bonds. The molecule has 8 heteroatoms. The first-order chi connectivity index (χ1) is 14.5. The summed E-state index contributed by atoms with van der Waals surface area (Å²) >= 11 is 0. The molecule has 164 valence electrons. The van der Waals surface area contributed by atoms with Crippen LogP contribution in [0.4, 0.5) is 5.82 Å². The molecule has 4 heterocycles. The number of amides is 2. The minimum Gasteiger partial charge on any atom is -0.355 e. The van der Waals surface area contributed by atoms with Gasteiger partial charge in [0.25, 0.3) is 5.91 Å². The molecule has 1 atom stereocenters. The van der Waals surface area contributed by atoms with Crippen LogP contribution in [0.2, 0.25) is 0 Å². The van der Waals surface area contributed by atoms with Gasteiger partial charge in [0.1, 0.15) is 11.5 Å². The molecular weight excluding hydrogens is 380 g/mol. The molecule has 1 aromatic heterocycles. The van der Waals surface area contributed by atoms with Crippen molar-refractivity contribution in [3.8, 4) is 0 Å². The Kier molecular flexibility index (Phi) is 6.51. The van der Waals surface area contributed by atoms with Crippen LogP contribution in [0.25, 0.3) is 0 Å². The molecule has 3 aliphatic rings. The molecule has 1 unspecified atom stereocenters. The first-order valence-electron chi connectivity index (χ1n) is 11.3. The smallest absolute Gasteiger partial charge is 0.273 e. The van der Waals surface area contributed by atoms with Gasteiger partial charge in [-0.3, -0.25) is 19.5 Å². The fourth-order valence-electron chi connectivity index (χ4n) is 5.04. The quantitative estimate of drug-likeness (QED) is 0.743. The van der Waals surface area contributed by atoms with Gasteiger partial charge in [-0.05, 0) is 45.1 Å². The normalized spacial score (nSPS) is 23.6. The lowest BCUT2D eigenvalue weighted by Crippen LogP contribution is -2.51. The molecule has 0 bridgehead atoms. The highest BCUT2D eigenvalue weighted by atomic mass is 16.2. The van der Waals surface area contributed by atoms with E-state index in [2.05, 4.69) is 24.7 Å². The van der Waals surface area contributed by atoms with E-state index in [0.29, 0.717) is 17.6 Å². The maximum atomic E-state index is 12.8. The van der Waals surface area contributed by atoms with Gasteiger partial charge in [0.2, 0.25) is 5.91 Å². The minimum absolute atomic E-state index is 0.124. The van der Waals surface area contributed by atoms with Crippen molar-refractivity contribution in [1.29, 1.82) is 0 Å². The van der Waals surface area contributed by atoms with E-state index >= 15 is 0 Å². The lowest BCUT2D eigenvalue weighted by Gasteiger charge is -2.42. The van der Waals surface area contributed by atoms with Crippen LogP contribution >= 0.6 is 0 Å². The third kappa shape index (κ3) is 4.58. The fourth-order valence-corrected chi connectivity index (χ4v) is 5.04. The van der Waals surface area contributed by atoms with Crippen molar-refractivity contribution in [1.82, 2.24) is 24.7 Å². The first-order valence-corrected chi connectivity index (χ1v) is 11.3. The van der Waals surface area contributed by atoms with E-state index in [1.54, 1.807) is 20.3 Å². The Morgan fingerprint density at radius 1 is 0.967 bits per heavy atom. The minimum atomic E-state index is -0.124. The predicted molar refractivity (Wildman–Crippen MR) is 115 cm³/mol.